The second-order valence-electron chi connectivity index (χ2n) is 6.25. The van der Waals surface area contributed by atoms with Crippen molar-refractivity contribution in [1.29, 1.82) is 0 Å². The van der Waals surface area contributed by atoms with E-state index in [1.54, 1.807) is 12.5 Å². The molecule has 2 aromatic carbocycles. The Labute approximate surface area is 149 Å². The van der Waals surface area contributed by atoms with Crippen molar-refractivity contribution in [3.05, 3.63) is 66.7 Å². The highest BCUT2D eigenvalue weighted by atomic mass is 16.7. The summed E-state index contributed by atoms with van der Waals surface area (Å²) in [5, 5.41) is 2.41. The van der Waals surface area contributed by atoms with Crippen LogP contribution in [0.25, 0.3) is 10.8 Å². The molecule has 0 fully saturated rings. The van der Waals surface area contributed by atoms with Gasteiger partial charge >= 0.3 is 0 Å². The smallest absolute Gasteiger partial charge is 0.213 e. The summed E-state index contributed by atoms with van der Waals surface area (Å²) in [4.78, 5) is 4.16. The van der Waals surface area contributed by atoms with Crippen LogP contribution in [0.3, 0.4) is 0 Å². The lowest BCUT2D eigenvalue weighted by Crippen LogP contribution is -2.38. The van der Waals surface area contributed by atoms with E-state index in [4.69, 9.17) is 9.47 Å². The molecule has 0 atom stereocenters. The summed E-state index contributed by atoms with van der Waals surface area (Å²) in [5.41, 5.74) is 1.04. The highest BCUT2D eigenvalue weighted by molar-refractivity contribution is 5.83. The average Bonchev–Trinajstić information content (AvgIpc) is 3.16. The van der Waals surface area contributed by atoms with Gasteiger partial charge in [-0.2, -0.15) is 0 Å². The number of benzene rings is 2. The molecule has 0 N–H and O–H groups in total. The van der Waals surface area contributed by atoms with Crippen molar-refractivity contribution >= 4 is 10.8 Å². The van der Waals surface area contributed by atoms with Crippen molar-refractivity contribution in [2.24, 2.45) is 0 Å². The third-order valence-corrected chi connectivity index (χ3v) is 4.22. The van der Waals surface area contributed by atoms with E-state index in [1.165, 1.54) is 10.8 Å². The molecule has 4 heteroatoms. The van der Waals surface area contributed by atoms with Crippen LogP contribution in [-0.4, -0.2) is 22.8 Å². The maximum atomic E-state index is 6.32. The summed E-state index contributed by atoms with van der Waals surface area (Å²) in [5.74, 6) is -0.809. The van der Waals surface area contributed by atoms with Crippen LogP contribution >= 0.6 is 0 Å². The normalized spacial score (nSPS) is 11.9. The fraction of sp³-hybridized carbons (Fsp3) is 0.381. The standard InChI is InChI=1S/C21H26N2O2/c1-3-13-24-21(25-14-4-2,16-23-12-11-22-17-23)20-10-9-18-7-5-6-8-19(18)15-20/h5-12,15,17H,3-4,13-14,16H2,1-2H3. The van der Waals surface area contributed by atoms with Gasteiger partial charge < -0.3 is 14.0 Å². The summed E-state index contributed by atoms with van der Waals surface area (Å²) < 4.78 is 14.7. The van der Waals surface area contributed by atoms with Crippen LogP contribution in [0.2, 0.25) is 0 Å². The van der Waals surface area contributed by atoms with Gasteiger partial charge in [0.2, 0.25) is 5.79 Å². The van der Waals surface area contributed by atoms with E-state index in [2.05, 4.69) is 61.3 Å². The third kappa shape index (κ3) is 4.09. The fourth-order valence-corrected chi connectivity index (χ4v) is 2.97. The van der Waals surface area contributed by atoms with E-state index in [0.717, 1.165) is 18.4 Å². The molecule has 0 spiro atoms. The average molecular weight is 338 g/mol. The molecule has 3 aromatic rings. The number of rotatable bonds is 9. The maximum absolute atomic E-state index is 6.32. The SMILES string of the molecule is CCCOC(Cn1ccnc1)(OCCC)c1ccc2ccccc2c1. The summed E-state index contributed by atoms with van der Waals surface area (Å²) in [7, 11) is 0. The second kappa shape index (κ2) is 8.28. The van der Waals surface area contributed by atoms with Gasteiger partial charge in [0.25, 0.3) is 0 Å². The largest absolute Gasteiger partial charge is 0.344 e. The number of hydrogen-bond donors (Lipinski definition) is 0. The topological polar surface area (TPSA) is 36.3 Å². The second-order valence-corrected chi connectivity index (χ2v) is 6.25. The van der Waals surface area contributed by atoms with Crippen LogP contribution < -0.4 is 0 Å². The van der Waals surface area contributed by atoms with Gasteiger partial charge in [0.15, 0.2) is 0 Å². The molecule has 0 saturated carbocycles. The highest BCUT2D eigenvalue weighted by Gasteiger charge is 2.35. The van der Waals surface area contributed by atoms with Crippen molar-refractivity contribution in [1.82, 2.24) is 9.55 Å². The van der Waals surface area contributed by atoms with Crippen LogP contribution in [0.5, 0.6) is 0 Å². The molecule has 4 nitrogen and oxygen atoms in total. The number of imidazole rings is 1. The molecular formula is C21H26N2O2. The quantitative estimate of drug-likeness (QED) is 0.529. The minimum atomic E-state index is -0.809. The lowest BCUT2D eigenvalue weighted by molar-refractivity contribution is -0.255. The van der Waals surface area contributed by atoms with E-state index in [9.17, 15) is 0 Å². The Morgan fingerprint density at radius 1 is 0.960 bits per heavy atom. The molecule has 0 aliphatic rings. The molecule has 0 aliphatic heterocycles. The van der Waals surface area contributed by atoms with E-state index < -0.39 is 5.79 Å². The lowest BCUT2D eigenvalue weighted by atomic mass is 10.0. The van der Waals surface area contributed by atoms with Gasteiger partial charge in [0.1, 0.15) is 0 Å². The van der Waals surface area contributed by atoms with Crippen molar-refractivity contribution in [2.75, 3.05) is 13.2 Å². The van der Waals surface area contributed by atoms with E-state index >= 15 is 0 Å². The van der Waals surface area contributed by atoms with Gasteiger partial charge in [-0.1, -0.05) is 50.2 Å². The van der Waals surface area contributed by atoms with Gasteiger partial charge in [-0.05, 0) is 29.7 Å². The van der Waals surface area contributed by atoms with E-state index in [1.807, 2.05) is 10.8 Å². The highest BCUT2D eigenvalue weighted by Crippen LogP contribution is 2.32. The molecule has 0 unspecified atom stereocenters. The number of nitrogens with zero attached hydrogens (tertiary/aromatic N) is 2. The molecular weight excluding hydrogens is 312 g/mol. The number of ether oxygens (including phenoxy) is 2. The summed E-state index contributed by atoms with van der Waals surface area (Å²) >= 11 is 0. The van der Waals surface area contributed by atoms with Gasteiger partial charge in [0, 0.05) is 18.0 Å². The Balaban J connectivity index is 2.04. The number of hydrogen-bond acceptors (Lipinski definition) is 3. The van der Waals surface area contributed by atoms with Gasteiger partial charge in [-0.25, -0.2) is 4.98 Å². The monoisotopic (exact) mass is 338 g/mol. The molecule has 25 heavy (non-hydrogen) atoms. The first-order valence-electron chi connectivity index (χ1n) is 9.00. The molecule has 132 valence electrons. The Hall–Kier alpha value is -2.17. The van der Waals surface area contributed by atoms with Crippen molar-refractivity contribution in [3.63, 3.8) is 0 Å². The zero-order chi connectivity index (χ0) is 17.5. The first-order chi connectivity index (χ1) is 12.3. The van der Waals surface area contributed by atoms with Crippen LogP contribution in [0.4, 0.5) is 0 Å². The zero-order valence-corrected chi connectivity index (χ0v) is 15.0. The van der Waals surface area contributed by atoms with E-state index in [0.29, 0.717) is 19.8 Å². The minimum absolute atomic E-state index is 0.575. The minimum Gasteiger partial charge on any atom is -0.344 e. The van der Waals surface area contributed by atoms with Crippen LogP contribution in [0, 0.1) is 0 Å². The molecule has 0 bridgehead atoms. The summed E-state index contributed by atoms with van der Waals surface area (Å²) in [6.45, 7) is 6.09. The van der Waals surface area contributed by atoms with E-state index in [-0.39, 0.29) is 0 Å². The molecule has 0 amide bonds. The number of fused-ring (bicyclic) bond motifs is 1. The molecule has 0 aliphatic carbocycles. The lowest BCUT2D eigenvalue weighted by Gasteiger charge is -2.35. The Morgan fingerprint density at radius 3 is 2.32 bits per heavy atom. The Morgan fingerprint density at radius 2 is 1.68 bits per heavy atom. The first-order valence-corrected chi connectivity index (χ1v) is 9.00. The first kappa shape index (κ1) is 17.6. The van der Waals surface area contributed by atoms with Gasteiger partial charge in [0.05, 0.1) is 26.1 Å². The predicted octanol–water partition coefficient (Wildman–Crippen LogP) is 4.74. The molecule has 1 heterocycles. The van der Waals surface area contributed by atoms with Crippen LogP contribution in [0.1, 0.15) is 32.3 Å². The van der Waals surface area contributed by atoms with Crippen LogP contribution in [0.15, 0.2) is 61.2 Å². The van der Waals surface area contributed by atoms with Crippen LogP contribution in [-0.2, 0) is 21.8 Å². The zero-order valence-electron chi connectivity index (χ0n) is 15.0. The molecule has 1 aromatic heterocycles. The number of aromatic nitrogens is 2. The summed E-state index contributed by atoms with van der Waals surface area (Å²) in [6, 6.07) is 14.8. The van der Waals surface area contributed by atoms with Crippen molar-refractivity contribution in [2.45, 2.75) is 39.0 Å². The maximum Gasteiger partial charge on any atom is 0.213 e. The van der Waals surface area contributed by atoms with Gasteiger partial charge in [-0.3, -0.25) is 0 Å². The molecule has 3 rings (SSSR count). The molecule has 0 radical (unpaired) electrons. The Bertz CT molecular complexity index is 775. The van der Waals surface area contributed by atoms with Crippen molar-refractivity contribution < 1.29 is 9.47 Å². The fourth-order valence-electron chi connectivity index (χ4n) is 2.97. The van der Waals surface area contributed by atoms with Crippen molar-refractivity contribution in [3.8, 4) is 0 Å². The third-order valence-electron chi connectivity index (χ3n) is 4.22. The molecule has 0 saturated heterocycles. The predicted molar refractivity (Wildman–Crippen MR) is 100 cm³/mol. The van der Waals surface area contributed by atoms with Gasteiger partial charge in [-0.15, -0.1) is 0 Å². The Kier molecular flexibility index (Phi) is 5.84. The summed E-state index contributed by atoms with van der Waals surface area (Å²) in [6.07, 6.45) is 7.41.